The monoisotopic (exact) mass is 352 g/mol. The van der Waals surface area contributed by atoms with Gasteiger partial charge in [0.05, 0.1) is 25.2 Å². The summed E-state index contributed by atoms with van der Waals surface area (Å²) >= 11 is 0.771. The number of carbonyl (C=O) groups excluding carboxylic acids is 3. The first kappa shape index (κ1) is 16.6. The van der Waals surface area contributed by atoms with E-state index in [0.29, 0.717) is 24.9 Å². The number of amides is 2. The van der Waals surface area contributed by atoms with Crippen molar-refractivity contribution in [1.82, 2.24) is 4.90 Å². The third kappa shape index (κ3) is 3.46. The van der Waals surface area contributed by atoms with Crippen molar-refractivity contribution >= 4 is 40.8 Å². The van der Waals surface area contributed by atoms with Crippen LogP contribution in [-0.4, -0.2) is 62.0 Å². The van der Waals surface area contributed by atoms with Crippen LogP contribution in [-0.2, 0) is 19.1 Å². The van der Waals surface area contributed by atoms with Crippen LogP contribution in [0, 0.1) is 0 Å². The molecule has 0 aromatic carbocycles. The summed E-state index contributed by atoms with van der Waals surface area (Å²) in [7, 11) is 1.20. The van der Waals surface area contributed by atoms with Gasteiger partial charge in [0.15, 0.2) is 5.88 Å². The number of esters is 1. The molecule has 3 rings (SSSR count). The number of morpholine rings is 1. The molecule has 8 nitrogen and oxygen atoms in total. The minimum atomic E-state index is -0.647. The van der Waals surface area contributed by atoms with Gasteiger partial charge >= 0.3 is 5.97 Å². The number of imide groups is 1. The zero-order valence-electron chi connectivity index (χ0n) is 13.0. The van der Waals surface area contributed by atoms with Crippen molar-refractivity contribution in [2.24, 2.45) is 0 Å². The van der Waals surface area contributed by atoms with Gasteiger partial charge in [-0.25, -0.2) is 0 Å². The van der Waals surface area contributed by atoms with Gasteiger partial charge in [0.25, 0.3) is 11.1 Å². The lowest BCUT2D eigenvalue weighted by molar-refractivity contribution is -0.143. The van der Waals surface area contributed by atoms with E-state index >= 15 is 0 Å². The number of hydrogen-bond acceptors (Lipinski definition) is 8. The molecule has 0 N–H and O–H groups in total. The molecule has 2 saturated heterocycles. The van der Waals surface area contributed by atoms with Crippen LogP contribution >= 0.6 is 11.8 Å². The molecule has 24 heavy (non-hydrogen) atoms. The van der Waals surface area contributed by atoms with Crippen LogP contribution in [0.2, 0.25) is 0 Å². The summed E-state index contributed by atoms with van der Waals surface area (Å²) in [6.45, 7) is 2.37. The Morgan fingerprint density at radius 1 is 1.33 bits per heavy atom. The molecule has 0 unspecified atom stereocenters. The molecule has 0 aliphatic carbocycles. The maximum Gasteiger partial charge on any atom is 0.325 e. The van der Waals surface area contributed by atoms with Crippen LogP contribution in [0.5, 0.6) is 0 Å². The molecule has 0 bridgehead atoms. The minimum absolute atomic E-state index is 0.215. The smallest absolute Gasteiger partial charge is 0.325 e. The Kier molecular flexibility index (Phi) is 4.91. The maximum atomic E-state index is 12.2. The van der Waals surface area contributed by atoms with Crippen LogP contribution in [0.4, 0.5) is 10.7 Å². The number of thioether (sulfide) groups is 1. The summed E-state index contributed by atoms with van der Waals surface area (Å²) in [5, 5.41) is -0.503. The van der Waals surface area contributed by atoms with Gasteiger partial charge in [0.1, 0.15) is 12.3 Å². The lowest BCUT2D eigenvalue weighted by atomic mass is 10.3. The van der Waals surface area contributed by atoms with Crippen LogP contribution in [0.3, 0.4) is 0 Å². The van der Waals surface area contributed by atoms with Gasteiger partial charge in [-0.05, 0) is 17.8 Å². The number of rotatable bonds is 4. The zero-order chi connectivity index (χ0) is 17.1. The van der Waals surface area contributed by atoms with E-state index in [2.05, 4.69) is 4.74 Å². The van der Waals surface area contributed by atoms with Crippen LogP contribution in [0.1, 0.15) is 5.76 Å². The van der Waals surface area contributed by atoms with E-state index in [9.17, 15) is 14.4 Å². The largest absolute Gasteiger partial charge is 0.468 e. The summed E-state index contributed by atoms with van der Waals surface area (Å²) in [4.78, 5) is 38.5. The Morgan fingerprint density at radius 2 is 2.08 bits per heavy atom. The van der Waals surface area contributed by atoms with Crippen LogP contribution in [0.15, 0.2) is 21.5 Å². The fourth-order valence-electron chi connectivity index (χ4n) is 2.33. The van der Waals surface area contributed by atoms with Crippen molar-refractivity contribution in [3.05, 3.63) is 22.8 Å². The van der Waals surface area contributed by atoms with Crippen molar-refractivity contribution in [1.29, 1.82) is 0 Å². The van der Waals surface area contributed by atoms with Gasteiger partial charge in [-0.15, -0.1) is 0 Å². The Hall–Kier alpha value is -2.26. The fourth-order valence-corrected chi connectivity index (χ4v) is 3.15. The quantitative estimate of drug-likeness (QED) is 0.592. The predicted molar refractivity (Wildman–Crippen MR) is 86.4 cm³/mol. The molecule has 2 aliphatic rings. The first-order chi connectivity index (χ1) is 11.6. The second kappa shape index (κ2) is 7.10. The topological polar surface area (TPSA) is 89.3 Å². The molecule has 2 amide bonds. The van der Waals surface area contributed by atoms with Gasteiger partial charge in [-0.3, -0.25) is 19.3 Å². The zero-order valence-corrected chi connectivity index (χ0v) is 13.8. The normalized spacial score (nSPS) is 20.1. The van der Waals surface area contributed by atoms with Crippen molar-refractivity contribution < 1.29 is 28.3 Å². The summed E-state index contributed by atoms with van der Waals surface area (Å²) in [5.74, 6) is -0.00993. The highest BCUT2D eigenvalue weighted by molar-refractivity contribution is 8.18. The summed E-state index contributed by atoms with van der Waals surface area (Å²) < 4.78 is 15.5. The average molecular weight is 352 g/mol. The minimum Gasteiger partial charge on any atom is -0.468 e. The third-order valence-electron chi connectivity index (χ3n) is 3.60. The average Bonchev–Trinajstić information content (AvgIpc) is 3.16. The summed E-state index contributed by atoms with van der Waals surface area (Å²) in [5.41, 5.74) is 0. The Morgan fingerprint density at radius 3 is 2.79 bits per heavy atom. The molecular formula is C15H16N2O6S. The lowest BCUT2D eigenvalue weighted by Gasteiger charge is -2.26. The number of anilines is 1. The van der Waals surface area contributed by atoms with Crippen LogP contribution < -0.4 is 4.90 Å². The van der Waals surface area contributed by atoms with Crippen molar-refractivity contribution in [2.75, 3.05) is 44.9 Å². The van der Waals surface area contributed by atoms with Gasteiger partial charge in [-0.1, -0.05) is 0 Å². The van der Waals surface area contributed by atoms with Crippen molar-refractivity contribution in [2.45, 2.75) is 0 Å². The second-order valence-electron chi connectivity index (χ2n) is 5.12. The Balaban J connectivity index is 1.72. The van der Waals surface area contributed by atoms with Crippen molar-refractivity contribution in [3.8, 4) is 0 Å². The predicted octanol–water partition coefficient (Wildman–Crippen LogP) is 1.33. The number of hydrogen-bond donors (Lipinski definition) is 0. The van der Waals surface area contributed by atoms with Gasteiger partial charge in [-0.2, -0.15) is 0 Å². The Bertz CT molecular complexity index is 692. The van der Waals surface area contributed by atoms with Crippen LogP contribution in [0.25, 0.3) is 6.08 Å². The van der Waals surface area contributed by atoms with Gasteiger partial charge in [0.2, 0.25) is 0 Å². The number of nitrogens with zero attached hydrogens (tertiary/aromatic N) is 2. The maximum absolute atomic E-state index is 12.2. The van der Waals surface area contributed by atoms with E-state index in [4.69, 9.17) is 9.15 Å². The number of furan rings is 1. The molecular weight excluding hydrogens is 336 g/mol. The van der Waals surface area contributed by atoms with Gasteiger partial charge in [0, 0.05) is 25.2 Å². The molecule has 1 aromatic heterocycles. The van der Waals surface area contributed by atoms with E-state index in [1.807, 2.05) is 11.0 Å². The van der Waals surface area contributed by atoms with E-state index in [-0.39, 0.29) is 4.91 Å². The molecule has 1 aromatic rings. The Labute approximate surface area is 142 Å². The molecule has 0 saturated carbocycles. The SMILES string of the molecule is COC(=O)CN1C(=O)S/C(=C/c2ccc(N3CCOCC3)o2)C1=O. The first-order valence-electron chi connectivity index (χ1n) is 7.33. The number of methoxy groups -OCH3 is 1. The number of ether oxygens (including phenoxy) is 2. The lowest BCUT2D eigenvalue weighted by Crippen LogP contribution is -2.35. The number of carbonyl (C=O) groups is 3. The highest BCUT2D eigenvalue weighted by Crippen LogP contribution is 2.33. The van der Waals surface area contributed by atoms with E-state index in [1.54, 1.807) is 6.07 Å². The highest BCUT2D eigenvalue weighted by Gasteiger charge is 2.36. The summed E-state index contributed by atoms with van der Waals surface area (Å²) in [6, 6.07) is 3.55. The van der Waals surface area contributed by atoms with E-state index < -0.39 is 23.7 Å². The van der Waals surface area contributed by atoms with E-state index in [1.165, 1.54) is 13.2 Å². The van der Waals surface area contributed by atoms with E-state index in [0.717, 1.165) is 29.8 Å². The second-order valence-corrected chi connectivity index (χ2v) is 6.11. The molecule has 2 fully saturated rings. The molecule has 2 aliphatic heterocycles. The van der Waals surface area contributed by atoms with Gasteiger partial charge < -0.3 is 18.8 Å². The molecule has 0 radical (unpaired) electrons. The fraction of sp³-hybridized carbons (Fsp3) is 0.400. The standard InChI is InChI=1S/C15H16N2O6S/c1-21-13(18)9-17-14(19)11(24-15(17)20)8-10-2-3-12(23-10)16-4-6-22-7-5-16/h2-3,8H,4-7,9H2,1H3/b11-8+. The highest BCUT2D eigenvalue weighted by atomic mass is 32.2. The molecule has 3 heterocycles. The van der Waals surface area contributed by atoms with Crippen molar-refractivity contribution in [3.63, 3.8) is 0 Å². The molecule has 9 heteroatoms. The molecule has 0 atom stereocenters. The molecule has 0 spiro atoms. The molecule has 128 valence electrons. The first-order valence-corrected chi connectivity index (χ1v) is 8.15. The summed E-state index contributed by atoms with van der Waals surface area (Å²) in [6.07, 6.45) is 1.51. The third-order valence-corrected chi connectivity index (χ3v) is 4.50.